The number of fused-ring (bicyclic) bond motifs is 1. The third kappa shape index (κ3) is 6.92. The second-order valence-corrected chi connectivity index (χ2v) is 16.8. The van der Waals surface area contributed by atoms with Crippen LogP contribution in [0.3, 0.4) is 0 Å². The van der Waals surface area contributed by atoms with E-state index in [-0.39, 0.29) is 21.8 Å². The van der Waals surface area contributed by atoms with Crippen molar-refractivity contribution in [2.24, 2.45) is 0 Å². The monoisotopic (exact) mass is 839 g/mol. The molecule has 1 heterocycles. The van der Waals surface area contributed by atoms with E-state index in [0.29, 0.717) is 27.2 Å². The molecule has 0 saturated carbocycles. The number of nitrogens with zero attached hydrogens (tertiary/aromatic N) is 1. The van der Waals surface area contributed by atoms with Gasteiger partial charge in [0.15, 0.2) is 0 Å². The van der Waals surface area contributed by atoms with Gasteiger partial charge in [-0.25, -0.2) is 9.37 Å². The average molecular weight is 841 g/mol. The zero-order chi connectivity index (χ0) is 34.6. The molecular formula is C30H22Br2F5NO6P2S. The lowest BCUT2D eigenvalue weighted by Crippen LogP contribution is -2.33. The predicted molar refractivity (Wildman–Crippen MR) is 174 cm³/mol. The van der Waals surface area contributed by atoms with Gasteiger partial charge in [0.1, 0.15) is 10.8 Å². The molecule has 5 rings (SSSR count). The van der Waals surface area contributed by atoms with Crippen molar-refractivity contribution >= 4 is 68.6 Å². The van der Waals surface area contributed by atoms with Gasteiger partial charge >= 0.3 is 26.5 Å². The van der Waals surface area contributed by atoms with Gasteiger partial charge in [0.05, 0.1) is 15.6 Å². The van der Waals surface area contributed by atoms with E-state index in [1.165, 1.54) is 59.9 Å². The first-order chi connectivity index (χ1) is 21.8. The Morgan fingerprint density at radius 2 is 1.17 bits per heavy atom. The normalized spacial score (nSPS) is 13.3. The fourth-order valence-corrected chi connectivity index (χ4v) is 9.07. The lowest BCUT2D eigenvalue weighted by Gasteiger charge is -2.34. The highest BCUT2D eigenvalue weighted by Gasteiger charge is 2.52. The number of thiazole rings is 1. The van der Waals surface area contributed by atoms with Gasteiger partial charge in [-0.05, 0) is 65.9 Å². The summed E-state index contributed by atoms with van der Waals surface area (Å²) in [6, 6.07) is 19.5. The van der Waals surface area contributed by atoms with Crippen LogP contribution in [0.4, 0.5) is 22.0 Å². The van der Waals surface area contributed by atoms with Crippen molar-refractivity contribution in [1.29, 1.82) is 0 Å². The van der Waals surface area contributed by atoms with Crippen LogP contribution in [0.1, 0.15) is 32.8 Å². The fraction of sp³-hybridized carbons (Fsp3) is 0.167. The Morgan fingerprint density at radius 1 is 0.702 bits per heavy atom. The zero-order valence-corrected chi connectivity index (χ0v) is 29.3. The molecule has 0 saturated heterocycles. The van der Waals surface area contributed by atoms with Crippen molar-refractivity contribution in [2.45, 2.75) is 29.6 Å². The highest BCUT2D eigenvalue weighted by atomic mass is 79.9. The topological polar surface area (TPSA) is 128 Å². The summed E-state index contributed by atoms with van der Waals surface area (Å²) in [4.78, 5) is 42.0. The van der Waals surface area contributed by atoms with E-state index >= 15 is 0 Å². The van der Waals surface area contributed by atoms with Gasteiger partial charge in [0.25, 0.3) is 0 Å². The van der Waals surface area contributed by atoms with E-state index in [4.69, 9.17) is 4.98 Å². The molecular weight excluding hydrogens is 819 g/mol. The molecule has 0 radical (unpaired) electrons. The summed E-state index contributed by atoms with van der Waals surface area (Å²) in [5.41, 5.74) is -10.2. The van der Waals surface area contributed by atoms with E-state index in [2.05, 4.69) is 31.9 Å². The van der Waals surface area contributed by atoms with Crippen LogP contribution in [0.25, 0.3) is 10.2 Å². The molecule has 0 aliphatic heterocycles. The Labute approximate surface area is 285 Å². The molecule has 1 aromatic heterocycles. The molecule has 7 nitrogen and oxygen atoms in total. The number of para-hydroxylation sites is 1. The number of benzene rings is 4. The van der Waals surface area contributed by atoms with Crippen LogP contribution in [0.2, 0.25) is 0 Å². The molecule has 0 amide bonds. The second kappa shape index (κ2) is 12.9. The molecule has 5 aromatic rings. The lowest BCUT2D eigenvalue weighted by molar-refractivity contribution is 0.0557. The van der Waals surface area contributed by atoms with Crippen LogP contribution in [-0.4, -0.2) is 24.6 Å². The number of hydrogen-bond acceptors (Lipinski definition) is 4. The molecule has 4 aromatic carbocycles. The van der Waals surface area contributed by atoms with Crippen molar-refractivity contribution in [3.63, 3.8) is 0 Å². The molecule has 0 spiro atoms. The van der Waals surface area contributed by atoms with E-state index in [0.717, 1.165) is 16.8 Å². The minimum absolute atomic E-state index is 0.00315. The summed E-state index contributed by atoms with van der Waals surface area (Å²) in [6.07, 6.45) is -0.00629. The summed E-state index contributed by atoms with van der Waals surface area (Å²) in [6.45, 7) is 0. The maximum atomic E-state index is 14.7. The maximum Gasteiger partial charge on any atom is 0.399 e. The SMILES string of the molecule is O=P(O)(O)C(F)(F)c1ccc(CC(Cc2ccc(C(F)(F)P(=O)(O)O)c(Br)c2)(c2ccc(F)cc2)c2nc3ccccc3s2)cc1Br. The molecule has 47 heavy (non-hydrogen) atoms. The Kier molecular flexibility index (Phi) is 9.84. The van der Waals surface area contributed by atoms with Crippen LogP contribution in [0.5, 0.6) is 0 Å². The first-order valence-corrected chi connectivity index (χ1v) is 19.0. The number of rotatable bonds is 10. The molecule has 0 aliphatic rings. The van der Waals surface area contributed by atoms with E-state index in [9.17, 15) is 50.7 Å². The van der Waals surface area contributed by atoms with E-state index in [1.807, 2.05) is 6.07 Å². The average Bonchev–Trinajstić information content (AvgIpc) is 3.41. The molecule has 0 fully saturated rings. The van der Waals surface area contributed by atoms with Gasteiger partial charge in [0.2, 0.25) is 0 Å². The van der Waals surface area contributed by atoms with Gasteiger partial charge in [-0.2, -0.15) is 17.6 Å². The standard InChI is InChI=1S/C30H22Br2F5NO6P2S/c31-23-13-17(5-11-21(23)29(34,35)45(39,40)41)15-28(19-7-9-20(33)10-8-19,27-38-25-3-1-2-4-26(25)47-27)16-18-6-12-22(24(32)14-18)30(36,37)46(42,43)44/h1-14H,15-16H2,(H2,39,40,41)(H2,42,43,44). The Bertz CT molecular complexity index is 1950. The molecule has 0 atom stereocenters. The molecule has 0 bridgehead atoms. The number of alkyl halides is 4. The zero-order valence-electron chi connectivity index (χ0n) is 23.5. The minimum atomic E-state index is -5.88. The molecule has 248 valence electrons. The van der Waals surface area contributed by atoms with Crippen LogP contribution in [-0.2, 0) is 38.7 Å². The van der Waals surface area contributed by atoms with Crippen LogP contribution in [0, 0.1) is 5.82 Å². The number of halogens is 7. The Morgan fingerprint density at radius 3 is 1.60 bits per heavy atom. The molecule has 0 aliphatic carbocycles. The molecule has 4 N–H and O–H groups in total. The van der Waals surface area contributed by atoms with Crippen molar-refractivity contribution in [3.8, 4) is 0 Å². The first kappa shape index (κ1) is 36.0. The maximum absolute atomic E-state index is 14.7. The van der Waals surface area contributed by atoms with Gasteiger partial charge in [0, 0.05) is 20.1 Å². The van der Waals surface area contributed by atoms with Crippen molar-refractivity contribution in [1.82, 2.24) is 4.98 Å². The number of hydrogen-bond donors (Lipinski definition) is 4. The molecule has 0 unspecified atom stereocenters. The summed E-state index contributed by atoms with van der Waals surface area (Å²) >= 11 is 7.35. The van der Waals surface area contributed by atoms with Crippen LogP contribution < -0.4 is 0 Å². The first-order valence-electron chi connectivity index (χ1n) is 13.3. The van der Waals surface area contributed by atoms with Crippen LogP contribution >= 0.6 is 58.4 Å². The number of aromatic nitrogens is 1. The Balaban J connectivity index is 1.72. The van der Waals surface area contributed by atoms with E-state index < -0.39 is 48.9 Å². The van der Waals surface area contributed by atoms with Crippen molar-refractivity contribution < 1.29 is 50.7 Å². The van der Waals surface area contributed by atoms with Crippen molar-refractivity contribution in [3.05, 3.63) is 133 Å². The lowest BCUT2D eigenvalue weighted by atomic mass is 9.71. The summed E-state index contributed by atoms with van der Waals surface area (Å²) in [5, 5.41) is 0.492. The predicted octanol–water partition coefficient (Wildman–Crippen LogP) is 9.19. The highest BCUT2D eigenvalue weighted by molar-refractivity contribution is 9.10. The smallest absolute Gasteiger partial charge is 0.320 e. The third-order valence-electron chi connectivity index (χ3n) is 7.56. The largest absolute Gasteiger partial charge is 0.399 e. The van der Waals surface area contributed by atoms with Crippen LogP contribution in [0.15, 0.2) is 93.9 Å². The van der Waals surface area contributed by atoms with Crippen molar-refractivity contribution in [2.75, 3.05) is 0 Å². The fourth-order valence-electron chi connectivity index (χ4n) is 5.22. The van der Waals surface area contributed by atoms with E-state index in [1.54, 1.807) is 18.2 Å². The van der Waals surface area contributed by atoms with Gasteiger partial charge in [-0.3, -0.25) is 9.13 Å². The van der Waals surface area contributed by atoms with Gasteiger partial charge in [-0.15, -0.1) is 11.3 Å². The van der Waals surface area contributed by atoms with Gasteiger partial charge < -0.3 is 19.6 Å². The summed E-state index contributed by atoms with van der Waals surface area (Å²) in [7, 11) is -11.8. The minimum Gasteiger partial charge on any atom is -0.320 e. The highest BCUT2D eigenvalue weighted by Crippen LogP contribution is 2.61. The molecule has 17 heteroatoms. The van der Waals surface area contributed by atoms with Gasteiger partial charge in [-0.1, -0.05) is 80.4 Å². The quantitative estimate of drug-likeness (QED) is 0.0816. The Hall–Kier alpha value is -2.32. The summed E-state index contributed by atoms with van der Waals surface area (Å²) in [5.74, 6) is -0.550. The second-order valence-electron chi connectivity index (χ2n) is 10.7. The third-order valence-corrected chi connectivity index (χ3v) is 12.1. The summed E-state index contributed by atoms with van der Waals surface area (Å²) < 4.78 is 96.2.